The van der Waals surface area contributed by atoms with E-state index < -0.39 is 0 Å². The zero-order valence-electron chi connectivity index (χ0n) is 13.5. The molecule has 1 aliphatic rings. The van der Waals surface area contributed by atoms with E-state index in [2.05, 4.69) is 15.3 Å². The summed E-state index contributed by atoms with van der Waals surface area (Å²) in [6.07, 6.45) is 2.10. The number of carbonyl (C=O) groups is 1. The van der Waals surface area contributed by atoms with Crippen molar-refractivity contribution in [3.05, 3.63) is 66.1 Å². The van der Waals surface area contributed by atoms with Gasteiger partial charge in [0.15, 0.2) is 0 Å². The predicted molar refractivity (Wildman–Crippen MR) is 93.4 cm³/mol. The molecule has 4 rings (SSSR count). The normalized spacial score (nSPS) is 17.2. The third kappa shape index (κ3) is 3.42. The minimum Gasteiger partial charge on any atom is -0.364 e. The molecular formula is C19H17FN4O. The molecule has 1 saturated heterocycles. The highest BCUT2D eigenvalue weighted by atomic mass is 19.1. The van der Waals surface area contributed by atoms with E-state index in [9.17, 15) is 9.18 Å². The molecule has 0 saturated carbocycles. The van der Waals surface area contributed by atoms with Gasteiger partial charge in [0.2, 0.25) is 5.91 Å². The van der Waals surface area contributed by atoms with E-state index in [4.69, 9.17) is 0 Å². The molecule has 1 aromatic heterocycles. The molecule has 0 radical (unpaired) electrons. The van der Waals surface area contributed by atoms with Gasteiger partial charge in [-0.15, -0.1) is 0 Å². The van der Waals surface area contributed by atoms with Crippen LogP contribution in [0.1, 0.15) is 12.0 Å². The second-order valence-electron chi connectivity index (χ2n) is 6.19. The maximum Gasteiger partial charge on any atom is 0.225 e. The molecule has 25 heavy (non-hydrogen) atoms. The summed E-state index contributed by atoms with van der Waals surface area (Å²) in [6.45, 7) is 1.07. The number of fused-ring (bicyclic) bond motifs is 1. The predicted octanol–water partition coefficient (Wildman–Crippen LogP) is 2.98. The zero-order chi connectivity index (χ0) is 17.2. The summed E-state index contributed by atoms with van der Waals surface area (Å²) in [5, 5.41) is 3.29. The van der Waals surface area contributed by atoms with Gasteiger partial charge >= 0.3 is 0 Å². The lowest BCUT2D eigenvalue weighted by atomic mass is 10.2. The van der Waals surface area contributed by atoms with Crippen LogP contribution in [0.4, 0.5) is 10.2 Å². The van der Waals surface area contributed by atoms with Crippen molar-refractivity contribution in [1.82, 2.24) is 14.9 Å². The summed E-state index contributed by atoms with van der Waals surface area (Å²) in [6, 6.07) is 13.9. The van der Waals surface area contributed by atoms with E-state index >= 15 is 0 Å². The number of carbonyl (C=O) groups excluding carboxylic acids is 1. The number of anilines is 1. The van der Waals surface area contributed by atoms with Gasteiger partial charge in [0.1, 0.15) is 11.6 Å². The molecule has 1 fully saturated rings. The number of amides is 1. The van der Waals surface area contributed by atoms with Crippen molar-refractivity contribution in [1.29, 1.82) is 0 Å². The van der Waals surface area contributed by atoms with Gasteiger partial charge < -0.3 is 10.2 Å². The molecular weight excluding hydrogens is 319 g/mol. The lowest BCUT2D eigenvalue weighted by molar-refractivity contribution is -0.128. The fourth-order valence-corrected chi connectivity index (χ4v) is 3.07. The highest BCUT2D eigenvalue weighted by Crippen LogP contribution is 2.19. The Bertz CT molecular complexity index is 913. The Kier molecular flexibility index (Phi) is 4.01. The number of rotatable bonds is 4. The monoisotopic (exact) mass is 336 g/mol. The van der Waals surface area contributed by atoms with Gasteiger partial charge in [-0.3, -0.25) is 9.78 Å². The lowest BCUT2D eigenvalue weighted by Gasteiger charge is -2.17. The number of hydrogen-bond donors (Lipinski definition) is 1. The van der Waals surface area contributed by atoms with E-state index in [-0.39, 0.29) is 17.8 Å². The first-order valence-corrected chi connectivity index (χ1v) is 8.18. The number of halogens is 1. The number of likely N-dealkylation sites (tertiary alicyclic amines) is 1. The average Bonchev–Trinajstić information content (AvgIpc) is 2.96. The van der Waals surface area contributed by atoms with Gasteiger partial charge in [0.05, 0.1) is 23.3 Å². The summed E-state index contributed by atoms with van der Waals surface area (Å²) in [5.41, 5.74) is 2.58. The second-order valence-corrected chi connectivity index (χ2v) is 6.19. The maximum atomic E-state index is 13.0. The summed E-state index contributed by atoms with van der Waals surface area (Å²) >= 11 is 0. The van der Waals surface area contributed by atoms with Crippen molar-refractivity contribution >= 4 is 22.8 Å². The number of nitrogens with zero attached hydrogens (tertiary/aromatic N) is 3. The quantitative estimate of drug-likeness (QED) is 0.796. The van der Waals surface area contributed by atoms with E-state index in [0.717, 1.165) is 16.6 Å². The van der Waals surface area contributed by atoms with Crippen molar-refractivity contribution in [2.45, 2.75) is 19.0 Å². The van der Waals surface area contributed by atoms with Crippen LogP contribution in [-0.4, -0.2) is 33.4 Å². The topological polar surface area (TPSA) is 58.1 Å². The van der Waals surface area contributed by atoms with Gasteiger partial charge in [0.25, 0.3) is 0 Å². The highest BCUT2D eigenvalue weighted by molar-refractivity contribution is 5.80. The molecule has 2 aromatic carbocycles. The molecule has 0 aliphatic carbocycles. The van der Waals surface area contributed by atoms with Crippen LogP contribution >= 0.6 is 0 Å². The third-order valence-corrected chi connectivity index (χ3v) is 4.30. The molecule has 3 aromatic rings. The lowest BCUT2D eigenvalue weighted by Crippen LogP contribution is -2.27. The summed E-state index contributed by atoms with van der Waals surface area (Å²) in [5.74, 6) is 0.474. The van der Waals surface area contributed by atoms with E-state index in [0.29, 0.717) is 25.3 Å². The fraction of sp³-hybridized carbons (Fsp3) is 0.211. The average molecular weight is 336 g/mol. The molecule has 1 N–H and O–H groups in total. The largest absolute Gasteiger partial charge is 0.364 e. The van der Waals surface area contributed by atoms with Gasteiger partial charge in [-0.25, -0.2) is 9.37 Å². The molecule has 1 atom stereocenters. The summed E-state index contributed by atoms with van der Waals surface area (Å²) < 4.78 is 13.0. The van der Waals surface area contributed by atoms with Crippen LogP contribution in [0.5, 0.6) is 0 Å². The third-order valence-electron chi connectivity index (χ3n) is 4.30. The maximum absolute atomic E-state index is 13.0. The van der Waals surface area contributed by atoms with Crippen molar-refractivity contribution in [3.63, 3.8) is 0 Å². The second kappa shape index (κ2) is 6.47. The number of hydrogen-bond acceptors (Lipinski definition) is 4. The highest BCUT2D eigenvalue weighted by Gasteiger charge is 2.29. The molecule has 1 amide bonds. The minimum absolute atomic E-state index is 0.0107. The van der Waals surface area contributed by atoms with Crippen molar-refractivity contribution in [2.75, 3.05) is 11.9 Å². The number of benzene rings is 2. The molecule has 0 unspecified atom stereocenters. The summed E-state index contributed by atoms with van der Waals surface area (Å²) in [4.78, 5) is 22.9. The van der Waals surface area contributed by atoms with Crippen LogP contribution in [0.3, 0.4) is 0 Å². The zero-order valence-corrected chi connectivity index (χ0v) is 13.5. The van der Waals surface area contributed by atoms with Gasteiger partial charge in [-0.2, -0.15) is 0 Å². The van der Waals surface area contributed by atoms with Crippen LogP contribution in [0.15, 0.2) is 54.7 Å². The minimum atomic E-state index is -0.272. The van der Waals surface area contributed by atoms with Crippen molar-refractivity contribution < 1.29 is 9.18 Å². The Morgan fingerprint density at radius 3 is 2.68 bits per heavy atom. The SMILES string of the molecule is O=C1C[C@@H](Nc2cnc3ccccc3n2)CN1Cc1ccc(F)cc1. The van der Waals surface area contributed by atoms with Gasteiger partial charge in [0, 0.05) is 19.5 Å². The molecule has 0 spiro atoms. The van der Waals surface area contributed by atoms with Crippen LogP contribution in [0.2, 0.25) is 0 Å². The number of aromatic nitrogens is 2. The van der Waals surface area contributed by atoms with Gasteiger partial charge in [-0.05, 0) is 29.8 Å². The van der Waals surface area contributed by atoms with Crippen LogP contribution in [-0.2, 0) is 11.3 Å². The first-order chi connectivity index (χ1) is 12.2. The molecule has 0 bridgehead atoms. The Balaban J connectivity index is 1.43. The number of para-hydroxylation sites is 2. The Hall–Kier alpha value is -3.02. The van der Waals surface area contributed by atoms with Crippen LogP contribution in [0.25, 0.3) is 11.0 Å². The Morgan fingerprint density at radius 2 is 1.88 bits per heavy atom. The molecule has 6 heteroatoms. The van der Waals surface area contributed by atoms with Crippen LogP contribution < -0.4 is 5.32 Å². The molecule has 5 nitrogen and oxygen atoms in total. The number of nitrogens with one attached hydrogen (secondary N) is 1. The van der Waals surface area contributed by atoms with E-state index in [1.54, 1.807) is 23.2 Å². The molecule has 2 heterocycles. The summed E-state index contributed by atoms with van der Waals surface area (Å²) in [7, 11) is 0. The molecule has 1 aliphatic heterocycles. The molecule has 126 valence electrons. The first-order valence-electron chi connectivity index (χ1n) is 8.18. The van der Waals surface area contributed by atoms with Crippen LogP contribution in [0, 0.1) is 5.82 Å². The Labute approximate surface area is 144 Å². The fourth-order valence-electron chi connectivity index (χ4n) is 3.07. The Morgan fingerprint density at radius 1 is 1.12 bits per heavy atom. The van der Waals surface area contributed by atoms with Crippen molar-refractivity contribution in [3.8, 4) is 0 Å². The first kappa shape index (κ1) is 15.5. The van der Waals surface area contributed by atoms with E-state index in [1.807, 2.05) is 24.3 Å². The smallest absolute Gasteiger partial charge is 0.225 e. The van der Waals surface area contributed by atoms with Gasteiger partial charge in [-0.1, -0.05) is 24.3 Å². The standard InChI is InChI=1S/C19H17FN4O/c20-14-7-5-13(6-8-14)11-24-12-15(9-19(24)25)22-18-10-21-16-3-1-2-4-17(16)23-18/h1-8,10,15H,9,11-12H2,(H,22,23)/t15-/m1/s1. The van der Waals surface area contributed by atoms with E-state index in [1.165, 1.54) is 12.1 Å². The van der Waals surface area contributed by atoms with Crippen molar-refractivity contribution in [2.24, 2.45) is 0 Å².